The first-order chi connectivity index (χ1) is 11.1. The summed E-state index contributed by atoms with van der Waals surface area (Å²) < 4.78 is 10.4. The van der Waals surface area contributed by atoms with Gasteiger partial charge in [-0.3, -0.25) is 4.79 Å². The quantitative estimate of drug-likeness (QED) is 0.912. The summed E-state index contributed by atoms with van der Waals surface area (Å²) in [6.07, 6.45) is 5.30. The molecule has 7 nitrogen and oxygen atoms in total. The number of aromatic nitrogens is 1. The number of piperidine rings is 1. The topological polar surface area (TPSA) is 92.9 Å². The molecule has 0 saturated carbocycles. The Labute approximate surface area is 134 Å². The van der Waals surface area contributed by atoms with Crippen LogP contribution in [0.25, 0.3) is 0 Å². The maximum Gasteiger partial charge on any atom is 0.374 e. The molecule has 7 heteroatoms. The molecule has 1 N–H and O–H groups in total. The van der Waals surface area contributed by atoms with Crippen molar-refractivity contribution >= 4 is 11.9 Å². The molecule has 3 rings (SSSR count). The first-order valence-corrected chi connectivity index (χ1v) is 8.23. The monoisotopic (exact) mass is 322 g/mol. The van der Waals surface area contributed by atoms with E-state index in [2.05, 4.69) is 5.16 Å². The van der Waals surface area contributed by atoms with Crippen molar-refractivity contribution in [1.82, 2.24) is 10.1 Å². The zero-order valence-corrected chi connectivity index (χ0v) is 13.1. The molecule has 1 atom stereocenters. The second-order valence-corrected chi connectivity index (χ2v) is 6.27. The van der Waals surface area contributed by atoms with Gasteiger partial charge < -0.3 is 19.3 Å². The zero-order valence-electron chi connectivity index (χ0n) is 13.1. The predicted molar refractivity (Wildman–Crippen MR) is 80.2 cm³/mol. The lowest BCUT2D eigenvalue weighted by Crippen LogP contribution is -2.40. The molecule has 1 amide bonds. The van der Waals surface area contributed by atoms with E-state index in [-0.39, 0.29) is 23.7 Å². The van der Waals surface area contributed by atoms with Crippen molar-refractivity contribution in [3.63, 3.8) is 0 Å². The molecule has 0 radical (unpaired) electrons. The summed E-state index contributed by atoms with van der Waals surface area (Å²) >= 11 is 0. The predicted octanol–water partition coefficient (Wildman–Crippen LogP) is 2.04. The number of rotatable bonds is 4. The Morgan fingerprint density at radius 1 is 1.26 bits per heavy atom. The van der Waals surface area contributed by atoms with E-state index < -0.39 is 5.97 Å². The summed E-state index contributed by atoms with van der Waals surface area (Å²) in [6.45, 7) is 2.11. The standard InChI is InChI=1S/C16H22N2O5/c19-15(9-12-3-1-2-8-22-12)18-6-4-11(5-7-18)13-10-14(16(20)21)23-17-13/h10-12H,1-9H2,(H,20,21). The minimum atomic E-state index is -1.11. The van der Waals surface area contributed by atoms with Crippen LogP contribution >= 0.6 is 0 Å². The van der Waals surface area contributed by atoms with Crippen LogP contribution in [0, 0.1) is 0 Å². The van der Waals surface area contributed by atoms with Gasteiger partial charge in [-0.15, -0.1) is 0 Å². The van der Waals surface area contributed by atoms with Gasteiger partial charge in [0, 0.05) is 31.7 Å². The van der Waals surface area contributed by atoms with E-state index in [4.69, 9.17) is 14.4 Å². The number of carbonyl (C=O) groups is 2. The van der Waals surface area contributed by atoms with Crippen molar-refractivity contribution in [2.75, 3.05) is 19.7 Å². The smallest absolute Gasteiger partial charge is 0.374 e. The maximum atomic E-state index is 12.3. The second kappa shape index (κ2) is 7.12. The summed E-state index contributed by atoms with van der Waals surface area (Å²) in [7, 11) is 0. The molecule has 3 heterocycles. The number of carbonyl (C=O) groups excluding carboxylic acids is 1. The summed E-state index contributed by atoms with van der Waals surface area (Å²) in [4.78, 5) is 25.0. The van der Waals surface area contributed by atoms with Crippen LogP contribution in [0.4, 0.5) is 0 Å². The summed E-state index contributed by atoms with van der Waals surface area (Å²) in [5.74, 6) is -0.930. The van der Waals surface area contributed by atoms with Crippen LogP contribution in [-0.2, 0) is 9.53 Å². The Morgan fingerprint density at radius 3 is 2.65 bits per heavy atom. The van der Waals surface area contributed by atoms with E-state index >= 15 is 0 Å². The Balaban J connectivity index is 1.49. The van der Waals surface area contributed by atoms with Crippen LogP contribution in [0.1, 0.15) is 60.7 Å². The van der Waals surface area contributed by atoms with Gasteiger partial charge in [0.1, 0.15) is 0 Å². The van der Waals surface area contributed by atoms with Crippen LogP contribution < -0.4 is 0 Å². The normalized spacial score (nSPS) is 23.0. The number of carboxylic acids is 1. The van der Waals surface area contributed by atoms with Gasteiger partial charge in [-0.25, -0.2) is 4.79 Å². The van der Waals surface area contributed by atoms with Crippen molar-refractivity contribution in [3.8, 4) is 0 Å². The van der Waals surface area contributed by atoms with E-state index in [0.717, 1.165) is 38.7 Å². The minimum absolute atomic E-state index is 0.0719. The fourth-order valence-electron chi connectivity index (χ4n) is 3.30. The molecule has 2 aliphatic rings. The zero-order chi connectivity index (χ0) is 16.2. The molecule has 1 aromatic heterocycles. The van der Waals surface area contributed by atoms with E-state index in [9.17, 15) is 9.59 Å². The number of hydrogen-bond donors (Lipinski definition) is 1. The number of hydrogen-bond acceptors (Lipinski definition) is 5. The molecular weight excluding hydrogens is 300 g/mol. The molecule has 126 valence electrons. The first-order valence-electron chi connectivity index (χ1n) is 8.23. The highest BCUT2D eigenvalue weighted by Crippen LogP contribution is 2.28. The summed E-state index contributed by atoms with van der Waals surface area (Å²) in [6, 6.07) is 1.49. The van der Waals surface area contributed by atoms with Crippen LogP contribution in [0.5, 0.6) is 0 Å². The third-order valence-corrected chi connectivity index (χ3v) is 4.68. The van der Waals surface area contributed by atoms with Gasteiger partial charge >= 0.3 is 5.97 Å². The maximum absolute atomic E-state index is 12.3. The van der Waals surface area contributed by atoms with Crippen molar-refractivity contribution < 1.29 is 24.0 Å². The van der Waals surface area contributed by atoms with Crippen LogP contribution in [0.3, 0.4) is 0 Å². The van der Waals surface area contributed by atoms with E-state index in [1.165, 1.54) is 6.07 Å². The molecule has 0 aliphatic carbocycles. The van der Waals surface area contributed by atoms with Gasteiger partial charge in [-0.2, -0.15) is 0 Å². The Hall–Kier alpha value is -1.89. The number of carboxylic acid groups (broad SMARTS) is 1. The van der Waals surface area contributed by atoms with Crippen LogP contribution in [0.2, 0.25) is 0 Å². The first kappa shape index (κ1) is 16.0. The highest BCUT2D eigenvalue weighted by molar-refractivity contribution is 5.84. The van der Waals surface area contributed by atoms with Crippen molar-refractivity contribution in [2.24, 2.45) is 0 Å². The fraction of sp³-hybridized carbons (Fsp3) is 0.688. The summed E-state index contributed by atoms with van der Waals surface area (Å²) in [5.41, 5.74) is 0.671. The number of ether oxygens (including phenoxy) is 1. The summed E-state index contributed by atoms with van der Waals surface area (Å²) in [5, 5.41) is 12.7. The van der Waals surface area contributed by atoms with Gasteiger partial charge in [0.15, 0.2) is 0 Å². The molecule has 0 bridgehead atoms. The van der Waals surface area contributed by atoms with Gasteiger partial charge in [0.05, 0.1) is 18.2 Å². The van der Waals surface area contributed by atoms with E-state index in [1.807, 2.05) is 4.90 Å². The van der Waals surface area contributed by atoms with Gasteiger partial charge in [0.2, 0.25) is 11.7 Å². The third-order valence-electron chi connectivity index (χ3n) is 4.68. The number of amides is 1. The minimum Gasteiger partial charge on any atom is -0.475 e. The number of likely N-dealkylation sites (tertiary alicyclic amines) is 1. The van der Waals surface area contributed by atoms with E-state index in [1.54, 1.807) is 0 Å². The number of nitrogens with zero attached hydrogens (tertiary/aromatic N) is 2. The largest absolute Gasteiger partial charge is 0.475 e. The lowest BCUT2D eigenvalue weighted by atomic mass is 9.93. The molecule has 2 aliphatic heterocycles. The Bertz CT molecular complexity index is 557. The molecule has 1 aromatic rings. The lowest BCUT2D eigenvalue weighted by molar-refractivity contribution is -0.136. The molecule has 0 aromatic carbocycles. The second-order valence-electron chi connectivity index (χ2n) is 6.27. The average molecular weight is 322 g/mol. The van der Waals surface area contributed by atoms with Crippen molar-refractivity contribution in [3.05, 3.63) is 17.5 Å². The average Bonchev–Trinajstić information content (AvgIpc) is 3.06. The van der Waals surface area contributed by atoms with E-state index in [0.29, 0.717) is 25.2 Å². The Kier molecular flexibility index (Phi) is 4.95. The van der Waals surface area contributed by atoms with Crippen LogP contribution in [-0.4, -0.2) is 52.8 Å². The van der Waals surface area contributed by atoms with Gasteiger partial charge in [0.25, 0.3) is 0 Å². The lowest BCUT2D eigenvalue weighted by Gasteiger charge is -2.32. The molecular formula is C16H22N2O5. The highest BCUT2D eigenvalue weighted by atomic mass is 16.5. The fourth-order valence-corrected chi connectivity index (χ4v) is 3.30. The molecule has 23 heavy (non-hydrogen) atoms. The highest BCUT2D eigenvalue weighted by Gasteiger charge is 2.28. The third kappa shape index (κ3) is 3.90. The molecule has 2 fully saturated rings. The molecule has 2 saturated heterocycles. The number of aromatic carboxylic acids is 1. The van der Waals surface area contributed by atoms with Crippen molar-refractivity contribution in [1.29, 1.82) is 0 Å². The van der Waals surface area contributed by atoms with Gasteiger partial charge in [-0.05, 0) is 32.1 Å². The van der Waals surface area contributed by atoms with Crippen LogP contribution in [0.15, 0.2) is 10.6 Å². The van der Waals surface area contributed by atoms with Crippen molar-refractivity contribution in [2.45, 2.75) is 50.5 Å². The molecule has 0 spiro atoms. The van der Waals surface area contributed by atoms with Gasteiger partial charge in [-0.1, -0.05) is 5.16 Å². The molecule has 1 unspecified atom stereocenters. The Morgan fingerprint density at radius 2 is 2.04 bits per heavy atom. The SMILES string of the molecule is O=C(O)c1cc(C2CCN(C(=O)CC3CCCCO3)CC2)no1.